The number of nitrogens with two attached hydrogens (primary N) is 1. The number of rotatable bonds is 2. The lowest BCUT2D eigenvalue weighted by molar-refractivity contribution is 0.550. The van der Waals surface area contributed by atoms with E-state index in [1.165, 1.54) is 5.56 Å². The highest BCUT2D eigenvalue weighted by molar-refractivity contribution is 6.30. The molecule has 2 heteroatoms. The first-order chi connectivity index (χ1) is 7.27. The van der Waals surface area contributed by atoms with Gasteiger partial charge in [0.1, 0.15) is 0 Å². The third kappa shape index (κ3) is 1.99. The average molecular weight is 220 g/mol. The van der Waals surface area contributed by atoms with Crippen molar-refractivity contribution in [3.8, 4) is 0 Å². The summed E-state index contributed by atoms with van der Waals surface area (Å²) in [5.74, 6) is 0. The van der Waals surface area contributed by atoms with Crippen LogP contribution in [0.4, 0.5) is 0 Å². The van der Waals surface area contributed by atoms with Gasteiger partial charge in [-0.1, -0.05) is 48.0 Å². The zero-order chi connectivity index (χ0) is 10.7. The summed E-state index contributed by atoms with van der Waals surface area (Å²) < 4.78 is 0. The fraction of sp³-hybridized carbons (Fsp3) is 0.231. The molecule has 0 heterocycles. The number of benzene rings is 1. The van der Waals surface area contributed by atoms with Crippen molar-refractivity contribution >= 4 is 11.6 Å². The molecule has 15 heavy (non-hydrogen) atoms. The summed E-state index contributed by atoms with van der Waals surface area (Å²) in [6.07, 6.45) is 9.41. The summed E-state index contributed by atoms with van der Waals surface area (Å²) in [4.78, 5) is 0. The smallest absolute Gasteiger partial charge is 0.0406 e. The van der Waals surface area contributed by atoms with E-state index in [2.05, 4.69) is 36.4 Å². The molecule has 2 rings (SSSR count). The van der Waals surface area contributed by atoms with E-state index in [0.717, 1.165) is 11.4 Å². The topological polar surface area (TPSA) is 26.0 Å². The van der Waals surface area contributed by atoms with Crippen LogP contribution in [-0.4, -0.2) is 6.54 Å². The standard InChI is InChI=1S/C13H14ClN/c14-12-6-4-11(5-7-12)13(10-15)8-2-1-3-9-13/h1-8H,9-10,15H2/t13-/m1/s1. The third-order valence-corrected chi connectivity index (χ3v) is 3.18. The molecule has 0 aromatic heterocycles. The van der Waals surface area contributed by atoms with Crippen LogP contribution in [-0.2, 0) is 5.41 Å². The van der Waals surface area contributed by atoms with Crippen molar-refractivity contribution in [2.75, 3.05) is 6.54 Å². The Kier molecular flexibility index (Phi) is 2.94. The largest absolute Gasteiger partial charge is 0.329 e. The van der Waals surface area contributed by atoms with Gasteiger partial charge in [0.05, 0.1) is 0 Å². The van der Waals surface area contributed by atoms with E-state index in [-0.39, 0.29) is 5.41 Å². The molecule has 0 saturated carbocycles. The second-order valence-corrected chi connectivity index (χ2v) is 4.29. The zero-order valence-electron chi connectivity index (χ0n) is 8.49. The van der Waals surface area contributed by atoms with Crippen LogP contribution in [0.3, 0.4) is 0 Å². The minimum atomic E-state index is -0.0423. The molecule has 1 aromatic rings. The lowest BCUT2D eigenvalue weighted by Crippen LogP contribution is -2.33. The summed E-state index contributed by atoms with van der Waals surface area (Å²) in [6, 6.07) is 7.94. The van der Waals surface area contributed by atoms with Crippen molar-refractivity contribution in [1.82, 2.24) is 0 Å². The molecular formula is C13H14ClN. The van der Waals surface area contributed by atoms with E-state index in [4.69, 9.17) is 17.3 Å². The number of hydrogen-bond donors (Lipinski definition) is 1. The molecule has 0 aliphatic heterocycles. The third-order valence-electron chi connectivity index (χ3n) is 2.93. The molecule has 0 radical (unpaired) electrons. The Balaban J connectivity index is 2.38. The summed E-state index contributed by atoms with van der Waals surface area (Å²) in [6.45, 7) is 0.621. The van der Waals surface area contributed by atoms with Crippen molar-refractivity contribution < 1.29 is 0 Å². The Labute approximate surface area is 95.2 Å². The Morgan fingerprint density at radius 1 is 1.20 bits per heavy atom. The maximum absolute atomic E-state index is 5.89. The second-order valence-electron chi connectivity index (χ2n) is 3.86. The Morgan fingerprint density at radius 2 is 1.93 bits per heavy atom. The van der Waals surface area contributed by atoms with Crippen molar-refractivity contribution in [2.45, 2.75) is 11.8 Å². The first-order valence-electron chi connectivity index (χ1n) is 5.07. The van der Waals surface area contributed by atoms with Gasteiger partial charge in [-0.15, -0.1) is 0 Å². The lowest BCUT2D eigenvalue weighted by Gasteiger charge is -2.30. The number of hydrogen-bond acceptors (Lipinski definition) is 1. The second kappa shape index (κ2) is 4.21. The maximum Gasteiger partial charge on any atom is 0.0406 e. The monoisotopic (exact) mass is 219 g/mol. The van der Waals surface area contributed by atoms with Gasteiger partial charge in [0, 0.05) is 17.0 Å². The predicted octanol–water partition coefficient (Wildman–Crippen LogP) is 3.05. The van der Waals surface area contributed by atoms with E-state index in [1.807, 2.05) is 12.1 Å². The molecule has 0 amide bonds. The Hall–Kier alpha value is -1.05. The molecule has 2 N–H and O–H groups in total. The van der Waals surface area contributed by atoms with Crippen molar-refractivity contribution in [3.05, 3.63) is 59.2 Å². The van der Waals surface area contributed by atoms with Gasteiger partial charge in [-0.05, 0) is 24.1 Å². The highest BCUT2D eigenvalue weighted by Gasteiger charge is 2.27. The van der Waals surface area contributed by atoms with Crippen LogP contribution >= 0.6 is 11.6 Å². The van der Waals surface area contributed by atoms with Crippen LogP contribution < -0.4 is 5.73 Å². The fourth-order valence-corrected chi connectivity index (χ4v) is 2.06. The molecule has 1 aromatic carbocycles. The molecule has 1 aliphatic carbocycles. The average Bonchev–Trinajstić information content (AvgIpc) is 2.31. The first-order valence-corrected chi connectivity index (χ1v) is 5.45. The van der Waals surface area contributed by atoms with E-state index >= 15 is 0 Å². The minimum absolute atomic E-state index is 0.0423. The molecule has 0 saturated heterocycles. The normalized spacial score (nSPS) is 24.4. The van der Waals surface area contributed by atoms with Gasteiger partial charge in [0.2, 0.25) is 0 Å². The maximum atomic E-state index is 5.89. The van der Waals surface area contributed by atoms with Crippen LogP contribution in [0.2, 0.25) is 5.02 Å². The van der Waals surface area contributed by atoms with E-state index in [1.54, 1.807) is 0 Å². The van der Waals surface area contributed by atoms with Crippen LogP contribution in [0.1, 0.15) is 12.0 Å². The summed E-state index contributed by atoms with van der Waals surface area (Å²) >= 11 is 5.88. The predicted molar refractivity (Wildman–Crippen MR) is 65.1 cm³/mol. The van der Waals surface area contributed by atoms with Crippen LogP contribution in [0.15, 0.2) is 48.6 Å². The highest BCUT2D eigenvalue weighted by atomic mass is 35.5. The summed E-state index contributed by atoms with van der Waals surface area (Å²) in [7, 11) is 0. The SMILES string of the molecule is NC[C@@]1(c2ccc(Cl)cc2)C=CC=CC1. The first kappa shape index (κ1) is 10.5. The van der Waals surface area contributed by atoms with E-state index in [9.17, 15) is 0 Å². The molecule has 0 bridgehead atoms. The quantitative estimate of drug-likeness (QED) is 0.813. The highest BCUT2D eigenvalue weighted by Crippen LogP contribution is 2.32. The summed E-state index contributed by atoms with van der Waals surface area (Å²) in [5, 5.41) is 0.765. The molecule has 1 atom stereocenters. The molecular weight excluding hydrogens is 206 g/mol. The van der Waals surface area contributed by atoms with Gasteiger partial charge in [-0.3, -0.25) is 0 Å². The molecule has 0 fully saturated rings. The number of allylic oxidation sites excluding steroid dienone is 3. The van der Waals surface area contributed by atoms with Crippen LogP contribution in [0.25, 0.3) is 0 Å². The molecule has 0 unspecified atom stereocenters. The van der Waals surface area contributed by atoms with Crippen molar-refractivity contribution in [2.24, 2.45) is 5.73 Å². The van der Waals surface area contributed by atoms with Crippen LogP contribution in [0.5, 0.6) is 0 Å². The van der Waals surface area contributed by atoms with Crippen molar-refractivity contribution in [1.29, 1.82) is 0 Å². The molecule has 1 aliphatic rings. The molecule has 0 spiro atoms. The van der Waals surface area contributed by atoms with Crippen LogP contribution in [0, 0.1) is 0 Å². The van der Waals surface area contributed by atoms with Gasteiger partial charge >= 0.3 is 0 Å². The van der Waals surface area contributed by atoms with Gasteiger partial charge in [0.15, 0.2) is 0 Å². The fourth-order valence-electron chi connectivity index (χ4n) is 1.93. The summed E-state index contributed by atoms with van der Waals surface area (Å²) in [5.41, 5.74) is 7.08. The molecule has 78 valence electrons. The van der Waals surface area contributed by atoms with E-state index in [0.29, 0.717) is 6.54 Å². The lowest BCUT2D eigenvalue weighted by atomic mass is 9.75. The molecule has 1 nitrogen and oxygen atoms in total. The zero-order valence-corrected chi connectivity index (χ0v) is 9.24. The van der Waals surface area contributed by atoms with Gasteiger partial charge < -0.3 is 5.73 Å². The minimum Gasteiger partial charge on any atom is -0.329 e. The Morgan fingerprint density at radius 3 is 2.47 bits per heavy atom. The van der Waals surface area contributed by atoms with Gasteiger partial charge in [0.25, 0.3) is 0 Å². The van der Waals surface area contributed by atoms with Gasteiger partial charge in [-0.25, -0.2) is 0 Å². The number of halogens is 1. The van der Waals surface area contributed by atoms with Crippen molar-refractivity contribution in [3.63, 3.8) is 0 Å². The van der Waals surface area contributed by atoms with Gasteiger partial charge in [-0.2, -0.15) is 0 Å². The van der Waals surface area contributed by atoms with E-state index < -0.39 is 0 Å². The Bertz CT molecular complexity index is 392.